The van der Waals surface area contributed by atoms with Crippen molar-refractivity contribution >= 4 is 12.0 Å². The number of rotatable bonds is 6. The predicted molar refractivity (Wildman–Crippen MR) is 114 cm³/mol. The summed E-state index contributed by atoms with van der Waals surface area (Å²) in [6.07, 6.45) is 1.64. The van der Waals surface area contributed by atoms with Crippen LogP contribution in [0.2, 0.25) is 0 Å². The molecule has 0 aliphatic rings. The highest BCUT2D eigenvalue weighted by Crippen LogP contribution is 2.24. The third-order valence-electron chi connectivity index (χ3n) is 4.76. The lowest BCUT2D eigenvalue weighted by molar-refractivity contribution is -0.117. The van der Waals surface area contributed by atoms with Gasteiger partial charge in [-0.25, -0.2) is 0 Å². The second-order valence-electron chi connectivity index (χ2n) is 6.70. The number of hydrogen-bond acceptors (Lipinski definition) is 3. The van der Waals surface area contributed by atoms with Crippen LogP contribution in [-0.4, -0.2) is 17.6 Å². The summed E-state index contributed by atoms with van der Waals surface area (Å²) in [6.45, 7) is 4.35. The third kappa shape index (κ3) is 4.56. The van der Waals surface area contributed by atoms with E-state index in [0.29, 0.717) is 6.54 Å². The molecule has 3 aromatic rings. The van der Waals surface area contributed by atoms with Gasteiger partial charge in [0, 0.05) is 23.6 Å². The molecule has 5 nitrogen and oxygen atoms in total. The zero-order chi connectivity index (χ0) is 20.8. The van der Waals surface area contributed by atoms with Gasteiger partial charge in [-0.2, -0.15) is 5.26 Å². The Morgan fingerprint density at radius 2 is 1.83 bits per heavy atom. The van der Waals surface area contributed by atoms with Gasteiger partial charge in [0.1, 0.15) is 17.4 Å². The maximum absolute atomic E-state index is 12.5. The van der Waals surface area contributed by atoms with Crippen molar-refractivity contribution in [2.45, 2.75) is 20.4 Å². The molecule has 1 heterocycles. The molecule has 0 saturated carbocycles. The van der Waals surface area contributed by atoms with Crippen LogP contribution < -0.4 is 10.1 Å². The molecule has 2 aromatic carbocycles. The first-order valence-corrected chi connectivity index (χ1v) is 9.30. The van der Waals surface area contributed by atoms with Gasteiger partial charge >= 0.3 is 0 Å². The van der Waals surface area contributed by atoms with Crippen LogP contribution in [-0.2, 0) is 11.3 Å². The Kier molecular flexibility index (Phi) is 6.16. The van der Waals surface area contributed by atoms with Gasteiger partial charge in [-0.3, -0.25) is 4.79 Å². The summed E-state index contributed by atoms with van der Waals surface area (Å²) >= 11 is 0. The molecule has 3 rings (SSSR count). The van der Waals surface area contributed by atoms with E-state index < -0.39 is 0 Å². The SMILES string of the molecule is COc1ccc(-n2c(C)cc(C=C(C#N)C(=O)NCc3ccccc3)c2C)cc1. The standard InChI is InChI=1S/C24H23N3O2/c1-17-13-20(18(2)27(17)22-9-11-23(29-3)12-10-22)14-21(15-25)24(28)26-16-19-7-5-4-6-8-19/h4-14H,16H2,1-3H3,(H,26,28). The zero-order valence-electron chi connectivity index (χ0n) is 16.8. The molecule has 29 heavy (non-hydrogen) atoms. The van der Waals surface area contributed by atoms with Gasteiger partial charge in [-0.1, -0.05) is 30.3 Å². The molecule has 1 amide bonds. The number of methoxy groups -OCH3 is 1. The topological polar surface area (TPSA) is 67.0 Å². The van der Waals surface area contributed by atoms with Gasteiger partial charge in [-0.15, -0.1) is 0 Å². The fourth-order valence-electron chi connectivity index (χ4n) is 3.24. The molecule has 0 unspecified atom stereocenters. The van der Waals surface area contributed by atoms with Crippen LogP contribution in [0.25, 0.3) is 11.8 Å². The number of nitrogens with one attached hydrogen (secondary N) is 1. The van der Waals surface area contributed by atoms with Crippen molar-refractivity contribution in [3.8, 4) is 17.5 Å². The average Bonchev–Trinajstić information content (AvgIpc) is 3.03. The summed E-state index contributed by atoms with van der Waals surface area (Å²) in [5.41, 5.74) is 4.86. The minimum Gasteiger partial charge on any atom is -0.497 e. The van der Waals surface area contributed by atoms with Crippen LogP contribution in [0, 0.1) is 25.2 Å². The molecule has 1 aromatic heterocycles. The van der Waals surface area contributed by atoms with E-state index in [4.69, 9.17) is 4.74 Å². The summed E-state index contributed by atoms with van der Waals surface area (Å²) in [7, 11) is 1.64. The van der Waals surface area contributed by atoms with Gasteiger partial charge in [0.05, 0.1) is 7.11 Å². The maximum atomic E-state index is 12.5. The number of carbonyl (C=O) groups excluding carboxylic acids is 1. The number of carbonyl (C=O) groups is 1. The van der Waals surface area contributed by atoms with Crippen molar-refractivity contribution in [2.24, 2.45) is 0 Å². The molecule has 0 atom stereocenters. The Balaban J connectivity index is 1.84. The van der Waals surface area contributed by atoms with Crippen LogP contribution in [0.1, 0.15) is 22.5 Å². The zero-order valence-corrected chi connectivity index (χ0v) is 16.8. The van der Waals surface area contributed by atoms with Gasteiger partial charge in [0.2, 0.25) is 0 Å². The van der Waals surface area contributed by atoms with Crippen molar-refractivity contribution in [1.29, 1.82) is 5.26 Å². The van der Waals surface area contributed by atoms with Crippen LogP contribution in [0.5, 0.6) is 5.75 Å². The van der Waals surface area contributed by atoms with E-state index in [2.05, 4.69) is 9.88 Å². The summed E-state index contributed by atoms with van der Waals surface area (Å²) in [4.78, 5) is 12.5. The molecule has 0 fully saturated rings. The van der Waals surface area contributed by atoms with Crippen molar-refractivity contribution in [1.82, 2.24) is 9.88 Å². The highest BCUT2D eigenvalue weighted by atomic mass is 16.5. The fourth-order valence-corrected chi connectivity index (χ4v) is 3.24. The quantitative estimate of drug-likeness (QED) is 0.507. The van der Waals surface area contributed by atoms with Gasteiger partial charge < -0.3 is 14.6 Å². The van der Waals surface area contributed by atoms with Crippen molar-refractivity contribution in [3.63, 3.8) is 0 Å². The maximum Gasteiger partial charge on any atom is 0.262 e. The first-order valence-electron chi connectivity index (χ1n) is 9.30. The Morgan fingerprint density at radius 1 is 1.14 bits per heavy atom. The number of aromatic nitrogens is 1. The van der Waals surface area contributed by atoms with E-state index in [-0.39, 0.29) is 11.5 Å². The molecule has 1 N–H and O–H groups in total. The van der Waals surface area contributed by atoms with Crippen LogP contribution in [0.4, 0.5) is 0 Å². The Labute approximate surface area is 170 Å². The van der Waals surface area contributed by atoms with Crippen molar-refractivity contribution < 1.29 is 9.53 Å². The van der Waals surface area contributed by atoms with Gasteiger partial charge in [0.15, 0.2) is 0 Å². The van der Waals surface area contributed by atoms with Crippen molar-refractivity contribution in [3.05, 3.63) is 88.8 Å². The van der Waals surface area contributed by atoms with E-state index in [1.54, 1.807) is 13.2 Å². The van der Waals surface area contributed by atoms with E-state index in [1.165, 1.54) is 0 Å². The summed E-state index contributed by atoms with van der Waals surface area (Å²) < 4.78 is 7.31. The van der Waals surface area contributed by atoms with Gasteiger partial charge in [-0.05, 0) is 61.4 Å². The highest BCUT2D eigenvalue weighted by molar-refractivity contribution is 6.01. The van der Waals surface area contributed by atoms with Crippen LogP contribution in [0.3, 0.4) is 0 Å². The number of benzene rings is 2. The molecule has 5 heteroatoms. The molecule has 0 aliphatic carbocycles. The molecule has 0 bridgehead atoms. The Bertz CT molecular complexity index is 1070. The van der Waals surface area contributed by atoms with Gasteiger partial charge in [0.25, 0.3) is 5.91 Å². The van der Waals surface area contributed by atoms with E-state index in [1.807, 2.05) is 80.6 Å². The van der Waals surface area contributed by atoms with E-state index in [0.717, 1.165) is 34.0 Å². The lowest BCUT2D eigenvalue weighted by Crippen LogP contribution is -2.23. The van der Waals surface area contributed by atoms with E-state index in [9.17, 15) is 10.1 Å². The predicted octanol–water partition coefficient (Wildman–Crippen LogP) is 4.33. The average molecular weight is 385 g/mol. The minimum absolute atomic E-state index is 0.0795. The smallest absolute Gasteiger partial charge is 0.262 e. The third-order valence-corrected chi connectivity index (χ3v) is 4.76. The number of aryl methyl sites for hydroxylation is 1. The summed E-state index contributed by atoms with van der Waals surface area (Å²) in [5.74, 6) is 0.406. The number of ether oxygens (including phenoxy) is 1. The number of amides is 1. The molecule has 0 aliphatic heterocycles. The molecule has 0 spiro atoms. The highest BCUT2D eigenvalue weighted by Gasteiger charge is 2.13. The van der Waals surface area contributed by atoms with Crippen molar-refractivity contribution in [2.75, 3.05) is 7.11 Å². The summed E-state index contributed by atoms with van der Waals surface area (Å²) in [6, 6.07) is 21.4. The second-order valence-corrected chi connectivity index (χ2v) is 6.70. The molecule has 0 radical (unpaired) electrons. The fraction of sp³-hybridized carbons (Fsp3) is 0.167. The van der Waals surface area contributed by atoms with E-state index >= 15 is 0 Å². The largest absolute Gasteiger partial charge is 0.497 e. The molecule has 146 valence electrons. The number of nitrogens with zero attached hydrogens (tertiary/aromatic N) is 2. The first-order chi connectivity index (χ1) is 14.0. The van der Waals surface area contributed by atoms with Crippen LogP contribution >= 0.6 is 0 Å². The molecular weight excluding hydrogens is 362 g/mol. The normalized spacial score (nSPS) is 11.0. The number of nitriles is 1. The lowest BCUT2D eigenvalue weighted by Gasteiger charge is -2.10. The molecular formula is C24H23N3O2. The Hall–Kier alpha value is -3.78. The Morgan fingerprint density at radius 3 is 2.45 bits per heavy atom. The molecule has 0 saturated heterocycles. The number of hydrogen-bond donors (Lipinski definition) is 1. The first kappa shape index (κ1) is 20.0. The van der Waals surface area contributed by atoms with Crippen LogP contribution in [0.15, 0.2) is 66.2 Å². The lowest BCUT2D eigenvalue weighted by atomic mass is 10.1. The minimum atomic E-state index is -0.384. The second kappa shape index (κ2) is 8.94. The monoisotopic (exact) mass is 385 g/mol. The summed E-state index contributed by atoms with van der Waals surface area (Å²) in [5, 5.41) is 12.3.